The Kier molecular flexibility index (Phi) is 4.42. The topological polar surface area (TPSA) is 41.1 Å². The summed E-state index contributed by atoms with van der Waals surface area (Å²) >= 11 is 0. The predicted molar refractivity (Wildman–Crippen MR) is 74.4 cm³/mol. The number of amides is 1. The standard InChI is InChI=1S/C15H14F2N2O/c1-18-9-14(20)19-11-5-2-4-10(8-11)15-12(16)6-3-7-13(15)17/h2-8,18H,9H2,1H3,(H,19,20). The number of likely N-dealkylation sites (N-methyl/N-ethyl adjacent to an activating group) is 1. The van der Waals surface area contributed by atoms with Gasteiger partial charge < -0.3 is 10.6 Å². The molecule has 104 valence electrons. The number of hydrogen-bond donors (Lipinski definition) is 2. The van der Waals surface area contributed by atoms with Crippen LogP contribution in [0.15, 0.2) is 42.5 Å². The van der Waals surface area contributed by atoms with E-state index >= 15 is 0 Å². The smallest absolute Gasteiger partial charge is 0.238 e. The highest BCUT2D eigenvalue weighted by atomic mass is 19.1. The minimum Gasteiger partial charge on any atom is -0.325 e. The maximum absolute atomic E-state index is 13.7. The van der Waals surface area contributed by atoms with E-state index < -0.39 is 11.6 Å². The molecular weight excluding hydrogens is 262 g/mol. The molecule has 0 fully saturated rings. The fraction of sp³-hybridized carbons (Fsp3) is 0.133. The van der Waals surface area contributed by atoms with Crippen LogP contribution in [0, 0.1) is 11.6 Å². The van der Waals surface area contributed by atoms with Gasteiger partial charge in [-0.15, -0.1) is 0 Å². The van der Waals surface area contributed by atoms with Crippen molar-refractivity contribution in [2.75, 3.05) is 18.9 Å². The molecule has 2 N–H and O–H groups in total. The lowest BCUT2D eigenvalue weighted by atomic mass is 10.0. The van der Waals surface area contributed by atoms with Gasteiger partial charge in [-0.25, -0.2) is 8.78 Å². The first-order valence-electron chi connectivity index (χ1n) is 6.10. The van der Waals surface area contributed by atoms with E-state index in [4.69, 9.17) is 0 Å². The fourth-order valence-electron chi connectivity index (χ4n) is 1.89. The fourth-order valence-corrected chi connectivity index (χ4v) is 1.89. The van der Waals surface area contributed by atoms with Gasteiger partial charge in [-0.3, -0.25) is 4.79 Å². The first kappa shape index (κ1) is 14.1. The van der Waals surface area contributed by atoms with Crippen molar-refractivity contribution in [1.82, 2.24) is 5.32 Å². The first-order valence-corrected chi connectivity index (χ1v) is 6.10. The molecule has 5 heteroatoms. The molecular formula is C15H14F2N2O. The first-order chi connectivity index (χ1) is 9.61. The van der Waals surface area contributed by atoms with Crippen LogP contribution in [0.25, 0.3) is 11.1 Å². The predicted octanol–water partition coefficient (Wildman–Crippen LogP) is 2.79. The van der Waals surface area contributed by atoms with E-state index in [1.807, 2.05) is 0 Å². The Morgan fingerprint density at radius 1 is 1.10 bits per heavy atom. The summed E-state index contributed by atoms with van der Waals surface area (Å²) in [5, 5.41) is 5.37. The van der Waals surface area contributed by atoms with Crippen molar-refractivity contribution < 1.29 is 13.6 Å². The highest BCUT2D eigenvalue weighted by Crippen LogP contribution is 2.27. The number of carbonyl (C=O) groups is 1. The Balaban J connectivity index is 2.32. The van der Waals surface area contributed by atoms with Gasteiger partial charge in [-0.1, -0.05) is 18.2 Å². The molecule has 0 atom stereocenters. The molecule has 0 radical (unpaired) electrons. The Bertz CT molecular complexity index is 609. The Morgan fingerprint density at radius 2 is 1.75 bits per heavy atom. The molecule has 0 aromatic heterocycles. The normalized spacial score (nSPS) is 10.3. The zero-order chi connectivity index (χ0) is 14.5. The Hall–Kier alpha value is -2.27. The molecule has 1 amide bonds. The van der Waals surface area contributed by atoms with Gasteiger partial charge in [0.1, 0.15) is 11.6 Å². The minimum atomic E-state index is -0.635. The van der Waals surface area contributed by atoms with Gasteiger partial charge in [0.2, 0.25) is 5.91 Å². The Morgan fingerprint density at radius 3 is 2.40 bits per heavy atom. The largest absolute Gasteiger partial charge is 0.325 e. The maximum Gasteiger partial charge on any atom is 0.238 e. The number of rotatable bonds is 4. The maximum atomic E-state index is 13.7. The van der Waals surface area contributed by atoms with Crippen LogP contribution in [-0.2, 0) is 4.79 Å². The van der Waals surface area contributed by atoms with Crippen molar-refractivity contribution in [2.45, 2.75) is 0 Å². The molecule has 3 nitrogen and oxygen atoms in total. The lowest BCUT2D eigenvalue weighted by Crippen LogP contribution is -2.25. The molecule has 0 saturated heterocycles. The van der Waals surface area contributed by atoms with Crippen molar-refractivity contribution in [1.29, 1.82) is 0 Å². The number of anilines is 1. The van der Waals surface area contributed by atoms with Crippen LogP contribution in [0.2, 0.25) is 0 Å². The third kappa shape index (κ3) is 3.19. The molecule has 2 aromatic rings. The van der Waals surface area contributed by atoms with Crippen LogP contribution in [0.1, 0.15) is 0 Å². The summed E-state index contributed by atoms with van der Waals surface area (Å²) in [6, 6.07) is 10.1. The second-order valence-electron chi connectivity index (χ2n) is 4.26. The van der Waals surface area contributed by atoms with Crippen molar-refractivity contribution in [3.8, 4) is 11.1 Å². The molecule has 0 unspecified atom stereocenters. The van der Waals surface area contributed by atoms with Crippen LogP contribution in [0.4, 0.5) is 14.5 Å². The number of halogens is 2. The van der Waals surface area contributed by atoms with E-state index in [0.29, 0.717) is 11.3 Å². The average Bonchev–Trinajstić information content (AvgIpc) is 2.39. The summed E-state index contributed by atoms with van der Waals surface area (Å²) in [6.07, 6.45) is 0. The number of nitrogens with one attached hydrogen (secondary N) is 2. The van der Waals surface area contributed by atoms with Crippen molar-refractivity contribution in [3.63, 3.8) is 0 Å². The van der Waals surface area contributed by atoms with E-state index in [-0.39, 0.29) is 18.0 Å². The molecule has 0 bridgehead atoms. The highest BCUT2D eigenvalue weighted by molar-refractivity contribution is 5.92. The van der Waals surface area contributed by atoms with Gasteiger partial charge in [0.25, 0.3) is 0 Å². The summed E-state index contributed by atoms with van der Waals surface area (Å²) in [4.78, 5) is 11.5. The molecule has 0 aliphatic carbocycles. The summed E-state index contributed by atoms with van der Waals surface area (Å²) in [5.74, 6) is -1.49. The number of carbonyl (C=O) groups excluding carboxylic acids is 1. The number of benzene rings is 2. The van der Waals surface area contributed by atoms with Gasteiger partial charge in [0, 0.05) is 5.69 Å². The van der Waals surface area contributed by atoms with Gasteiger partial charge in [-0.05, 0) is 36.9 Å². The zero-order valence-corrected chi connectivity index (χ0v) is 10.9. The monoisotopic (exact) mass is 276 g/mol. The van der Waals surface area contributed by atoms with Crippen molar-refractivity contribution in [2.24, 2.45) is 0 Å². The van der Waals surface area contributed by atoms with Crippen LogP contribution in [0.3, 0.4) is 0 Å². The molecule has 2 rings (SSSR count). The zero-order valence-electron chi connectivity index (χ0n) is 10.9. The number of hydrogen-bond acceptors (Lipinski definition) is 2. The summed E-state index contributed by atoms with van der Waals surface area (Å²) in [5.41, 5.74) is 0.769. The summed E-state index contributed by atoms with van der Waals surface area (Å²) < 4.78 is 27.4. The van der Waals surface area contributed by atoms with E-state index in [1.54, 1.807) is 25.2 Å². The van der Waals surface area contributed by atoms with Crippen molar-refractivity contribution >= 4 is 11.6 Å². The molecule has 0 spiro atoms. The molecule has 2 aromatic carbocycles. The molecule has 0 aliphatic rings. The van der Waals surface area contributed by atoms with E-state index in [2.05, 4.69) is 10.6 Å². The molecule has 0 heterocycles. The summed E-state index contributed by atoms with van der Waals surface area (Å²) in [6.45, 7) is 0.165. The van der Waals surface area contributed by atoms with E-state index in [0.717, 1.165) is 0 Å². The quantitative estimate of drug-likeness (QED) is 0.901. The second kappa shape index (κ2) is 6.25. The van der Waals surface area contributed by atoms with Crippen LogP contribution < -0.4 is 10.6 Å². The molecule has 0 saturated carbocycles. The lowest BCUT2D eigenvalue weighted by molar-refractivity contribution is -0.115. The van der Waals surface area contributed by atoms with Gasteiger partial charge >= 0.3 is 0 Å². The SMILES string of the molecule is CNCC(=O)Nc1cccc(-c2c(F)cccc2F)c1. The van der Waals surface area contributed by atoms with Crippen LogP contribution >= 0.6 is 0 Å². The third-order valence-corrected chi connectivity index (χ3v) is 2.74. The second-order valence-corrected chi connectivity index (χ2v) is 4.26. The third-order valence-electron chi connectivity index (χ3n) is 2.74. The lowest BCUT2D eigenvalue weighted by Gasteiger charge is -2.09. The van der Waals surface area contributed by atoms with Crippen LogP contribution in [0.5, 0.6) is 0 Å². The highest BCUT2D eigenvalue weighted by Gasteiger charge is 2.11. The summed E-state index contributed by atoms with van der Waals surface area (Å²) in [7, 11) is 1.66. The van der Waals surface area contributed by atoms with Crippen LogP contribution in [-0.4, -0.2) is 19.5 Å². The minimum absolute atomic E-state index is 0.0998. The molecule has 0 aliphatic heterocycles. The van der Waals surface area contributed by atoms with Gasteiger partial charge in [0.05, 0.1) is 12.1 Å². The van der Waals surface area contributed by atoms with Gasteiger partial charge in [0.15, 0.2) is 0 Å². The van der Waals surface area contributed by atoms with Gasteiger partial charge in [-0.2, -0.15) is 0 Å². The average molecular weight is 276 g/mol. The Labute approximate surface area is 115 Å². The van der Waals surface area contributed by atoms with Crippen molar-refractivity contribution in [3.05, 3.63) is 54.1 Å². The van der Waals surface area contributed by atoms with E-state index in [9.17, 15) is 13.6 Å². The van der Waals surface area contributed by atoms with E-state index in [1.165, 1.54) is 24.3 Å². The molecule has 20 heavy (non-hydrogen) atoms.